The van der Waals surface area contributed by atoms with Crippen LogP contribution < -0.4 is 4.74 Å². The Morgan fingerprint density at radius 2 is 1.87 bits per heavy atom. The van der Waals surface area contributed by atoms with Gasteiger partial charge in [0.05, 0.1) is 20.1 Å². The minimum atomic E-state index is 0.141. The first kappa shape index (κ1) is 20.1. The van der Waals surface area contributed by atoms with E-state index in [4.69, 9.17) is 9.26 Å². The van der Waals surface area contributed by atoms with Crippen LogP contribution in [0.5, 0.6) is 5.75 Å². The number of methoxy groups -OCH3 is 1. The van der Waals surface area contributed by atoms with Crippen LogP contribution in [0.1, 0.15) is 17.0 Å². The summed E-state index contributed by atoms with van der Waals surface area (Å²) < 4.78 is 10.7. The van der Waals surface area contributed by atoms with Crippen LogP contribution in [-0.4, -0.2) is 59.1 Å². The van der Waals surface area contributed by atoms with E-state index in [0.717, 1.165) is 30.0 Å². The second kappa shape index (κ2) is 9.09. The summed E-state index contributed by atoms with van der Waals surface area (Å²) in [6.07, 6.45) is 0.390. The molecule has 2 aromatic carbocycles. The number of hydrogen-bond acceptors (Lipinski definition) is 6. The Morgan fingerprint density at radius 1 is 1.10 bits per heavy atom. The number of aryl methyl sites for hydroxylation is 1. The van der Waals surface area contributed by atoms with Crippen LogP contribution in [-0.2, 0) is 17.8 Å². The van der Waals surface area contributed by atoms with Crippen molar-refractivity contribution in [3.8, 4) is 17.1 Å². The van der Waals surface area contributed by atoms with Gasteiger partial charge in [-0.05, 0) is 24.6 Å². The molecule has 0 unspecified atom stereocenters. The maximum atomic E-state index is 12.6. The summed E-state index contributed by atoms with van der Waals surface area (Å²) in [7, 11) is 1.63. The molecule has 7 nitrogen and oxygen atoms in total. The summed E-state index contributed by atoms with van der Waals surface area (Å²) in [4.78, 5) is 21.3. The Morgan fingerprint density at radius 3 is 2.60 bits per heavy atom. The Labute approximate surface area is 176 Å². The number of piperazine rings is 1. The van der Waals surface area contributed by atoms with Crippen LogP contribution in [0.15, 0.2) is 53.1 Å². The number of aromatic nitrogens is 2. The molecule has 156 valence electrons. The summed E-state index contributed by atoms with van der Waals surface area (Å²) >= 11 is 0. The van der Waals surface area contributed by atoms with Gasteiger partial charge < -0.3 is 14.2 Å². The molecular weight excluding hydrogens is 380 g/mol. The van der Waals surface area contributed by atoms with Crippen molar-refractivity contribution in [3.05, 3.63) is 65.5 Å². The molecular formula is C23H26N4O3. The molecule has 1 amide bonds. The number of carbonyl (C=O) groups excluding carboxylic acids is 1. The second-order valence-corrected chi connectivity index (χ2v) is 7.56. The van der Waals surface area contributed by atoms with Gasteiger partial charge in [0.15, 0.2) is 0 Å². The molecule has 0 atom stereocenters. The summed E-state index contributed by atoms with van der Waals surface area (Å²) in [6.45, 7) is 5.60. The van der Waals surface area contributed by atoms with Gasteiger partial charge >= 0.3 is 0 Å². The fourth-order valence-electron chi connectivity index (χ4n) is 3.55. The van der Waals surface area contributed by atoms with E-state index in [-0.39, 0.29) is 5.91 Å². The number of ether oxygens (including phenoxy) is 1. The van der Waals surface area contributed by atoms with E-state index >= 15 is 0 Å². The normalized spacial score (nSPS) is 14.7. The van der Waals surface area contributed by atoms with E-state index in [0.29, 0.717) is 37.8 Å². The lowest BCUT2D eigenvalue weighted by molar-refractivity contribution is -0.132. The molecule has 1 aliphatic rings. The topological polar surface area (TPSA) is 71.7 Å². The monoisotopic (exact) mass is 406 g/mol. The first-order chi connectivity index (χ1) is 14.6. The van der Waals surface area contributed by atoms with Crippen molar-refractivity contribution in [2.75, 3.05) is 33.3 Å². The molecule has 1 aromatic heterocycles. The predicted octanol–water partition coefficient (Wildman–Crippen LogP) is 2.94. The van der Waals surface area contributed by atoms with Crippen molar-refractivity contribution in [2.45, 2.75) is 19.9 Å². The fourth-order valence-corrected chi connectivity index (χ4v) is 3.55. The Kier molecular flexibility index (Phi) is 6.09. The Bertz CT molecular complexity index is 992. The zero-order chi connectivity index (χ0) is 20.9. The number of hydrogen-bond donors (Lipinski definition) is 0. The molecule has 0 spiro atoms. The molecule has 1 saturated heterocycles. The van der Waals surface area contributed by atoms with Crippen molar-refractivity contribution in [2.24, 2.45) is 0 Å². The minimum Gasteiger partial charge on any atom is -0.497 e. The Hall–Kier alpha value is -3.19. The van der Waals surface area contributed by atoms with Gasteiger partial charge in [-0.3, -0.25) is 9.69 Å². The molecule has 0 radical (unpaired) electrons. The molecule has 0 aliphatic carbocycles. The molecule has 3 aromatic rings. The van der Waals surface area contributed by atoms with Crippen molar-refractivity contribution >= 4 is 5.91 Å². The molecule has 0 N–H and O–H groups in total. The molecule has 7 heteroatoms. The third-order valence-corrected chi connectivity index (χ3v) is 5.35. The number of amides is 1. The van der Waals surface area contributed by atoms with Gasteiger partial charge in [-0.15, -0.1) is 0 Å². The Balaban J connectivity index is 1.28. The maximum absolute atomic E-state index is 12.6. The highest BCUT2D eigenvalue weighted by molar-refractivity contribution is 5.79. The van der Waals surface area contributed by atoms with Crippen molar-refractivity contribution in [1.29, 1.82) is 0 Å². The number of rotatable bonds is 6. The average Bonchev–Trinajstić information content (AvgIpc) is 3.23. The van der Waals surface area contributed by atoms with E-state index in [1.165, 1.54) is 5.56 Å². The lowest BCUT2D eigenvalue weighted by Gasteiger charge is -2.34. The first-order valence-electron chi connectivity index (χ1n) is 10.1. The molecule has 4 rings (SSSR count). The van der Waals surface area contributed by atoms with E-state index in [1.54, 1.807) is 7.11 Å². The smallest absolute Gasteiger partial charge is 0.241 e. The SMILES string of the molecule is COc1cccc(CC(=O)N2CCN(Cc3nc(-c4ccc(C)cc4)no3)CC2)c1. The highest BCUT2D eigenvalue weighted by atomic mass is 16.5. The van der Waals surface area contributed by atoms with Gasteiger partial charge in [0.2, 0.25) is 17.6 Å². The van der Waals surface area contributed by atoms with Crippen LogP contribution in [0.3, 0.4) is 0 Å². The molecule has 0 bridgehead atoms. The highest BCUT2D eigenvalue weighted by Gasteiger charge is 2.23. The fraction of sp³-hybridized carbons (Fsp3) is 0.348. The summed E-state index contributed by atoms with van der Waals surface area (Å²) in [5.74, 6) is 2.12. The number of benzene rings is 2. The maximum Gasteiger partial charge on any atom is 0.241 e. The van der Waals surface area contributed by atoms with Crippen LogP contribution in [0.25, 0.3) is 11.4 Å². The second-order valence-electron chi connectivity index (χ2n) is 7.56. The van der Waals surface area contributed by atoms with Crippen LogP contribution >= 0.6 is 0 Å². The minimum absolute atomic E-state index is 0.141. The van der Waals surface area contributed by atoms with Crippen LogP contribution in [0, 0.1) is 6.92 Å². The van der Waals surface area contributed by atoms with Crippen molar-refractivity contribution < 1.29 is 14.1 Å². The third-order valence-electron chi connectivity index (χ3n) is 5.35. The zero-order valence-corrected chi connectivity index (χ0v) is 17.4. The van der Waals surface area contributed by atoms with E-state index < -0.39 is 0 Å². The van der Waals surface area contributed by atoms with Crippen molar-refractivity contribution in [3.63, 3.8) is 0 Å². The quantitative estimate of drug-likeness (QED) is 0.627. The summed E-state index contributed by atoms with van der Waals surface area (Å²) in [6, 6.07) is 15.7. The van der Waals surface area contributed by atoms with Crippen LogP contribution in [0.2, 0.25) is 0 Å². The van der Waals surface area contributed by atoms with Gasteiger partial charge in [0.1, 0.15) is 5.75 Å². The molecule has 1 aliphatic heterocycles. The number of nitrogens with zero attached hydrogens (tertiary/aromatic N) is 4. The van der Waals surface area contributed by atoms with E-state index in [1.807, 2.05) is 60.4 Å². The van der Waals surface area contributed by atoms with Gasteiger partial charge in [0, 0.05) is 31.7 Å². The largest absolute Gasteiger partial charge is 0.497 e. The third kappa shape index (κ3) is 4.86. The average molecular weight is 406 g/mol. The first-order valence-corrected chi connectivity index (χ1v) is 10.1. The standard InChI is InChI=1S/C23H26N4O3/c1-17-6-8-19(9-7-17)23-24-21(30-25-23)16-26-10-12-27(13-11-26)22(28)15-18-4-3-5-20(14-18)29-2/h3-9,14H,10-13,15-16H2,1-2H3. The zero-order valence-electron chi connectivity index (χ0n) is 17.4. The van der Waals surface area contributed by atoms with E-state index in [9.17, 15) is 4.79 Å². The van der Waals surface area contributed by atoms with E-state index in [2.05, 4.69) is 15.0 Å². The van der Waals surface area contributed by atoms with Gasteiger partial charge in [-0.25, -0.2) is 0 Å². The van der Waals surface area contributed by atoms with Gasteiger partial charge in [-0.1, -0.05) is 47.1 Å². The summed E-state index contributed by atoms with van der Waals surface area (Å²) in [5.41, 5.74) is 3.11. The highest BCUT2D eigenvalue weighted by Crippen LogP contribution is 2.18. The lowest BCUT2D eigenvalue weighted by Crippen LogP contribution is -2.48. The molecule has 2 heterocycles. The summed E-state index contributed by atoms with van der Waals surface area (Å²) in [5, 5.41) is 4.10. The van der Waals surface area contributed by atoms with Gasteiger partial charge in [-0.2, -0.15) is 4.98 Å². The van der Waals surface area contributed by atoms with Crippen molar-refractivity contribution in [1.82, 2.24) is 19.9 Å². The van der Waals surface area contributed by atoms with Gasteiger partial charge in [0.25, 0.3) is 0 Å². The lowest BCUT2D eigenvalue weighted by atomic mass is 10.1. The molecule has 0 saturated carbocycles. The predicted molar refractivity (Wildman–Crippen MR) is 113 cm³/mol. The number of carbonyl (C=O) groups is 1. The van der Waals surface area contributed by atoms with Crippen LogP contribution in [0.4, 0.5) is 0 Å². The molecule has 1 fully saturated rings. The molecule has 30 heavy (non-hydrogen) atoms.